The van der Waals surface area contributed by atoms with Gasteiger partial charge in [-0.15, -0.1) is 0 Å². The Balaban J connectivity index is 2.18. The summed E-state index contributed by atoms with van der Waals surface area (Å²) in [5.41, 5.74) is -1.32. The van der Waals surface area contributed by atoms with Crippen molar-refractivity contribution < 1.29 is 5.11 Å². The van der Waals surface area contributed by atoms with Gasteiger partial charge in [-0.25, -0.2) is 0 Å². The highest BCUT2D eigenvalue weighted by molar-refractivity contribution is 5.14. The zero-order valence-electron chi connectivity index (χ0n) is 10.1. The second-order valence-electron chi connectivity index (χ2n) is 5.59. The molecule has 0 aromatic heterocycles. The van der Waals surface area contributed by atoms with E-state index in [1.165, 1.54) is 0 Å². The maximum Gasteiger partial charge on any atom is 0.0860 e. The quantitative estimate of drug-likeness (QED) is 0.749. The molecule has 2 fully saturated rings. The van der Waals surface area contributed by atoms with Crippen LogP contribution in [0.5, 0.6) is 0 Å². The Morgan fingerprint density at radius 1 is 1.38 bits per heavy atom. The Morgan fingerprint density at radius 2 is 2.06 bits per heavy atom. The van der Waals surface area contributed by atoms with E-state index < -0.39 is 11.0 Å². The molecule has 0 radical (unpaired) electrons. The molecule has 1 aliphatic carbocycles. The van der Waals surface area contributed by atoms with Gasteiger partial charge in [-0.2, -0.15) is 5.26 Å². The number of aliphatic hydroxyl groups is 1. The maximum atomic E-state index is 10.8. The molecule has 1 saturated heterocycles. The fourth-order valence-corrected chi connectivity index (χ4v) is 3.43. The Bertz CT molecular complexity index is 281. The topological polar surface area (TPSA) is 56.0 Å². The van der Waals surface area contributed by atoms with Gasteiger partial charge in [-0.05, 0) is 39.2 Å². The van der Waals surface area contributed by atoms with Gasteiger partial charge in [0.2, 0.25) is 0 Å². The smallest absolute Gasteiger partial charge is 0.0860 e. The lowest BCUT2D eigenvalue weighted by Gasteiger charge is -2.45. The van der Waals surface area contributed by atoms with Gasteiger partial charge in [0.1, 0.15) is 0 Å². The SMILES string of the molecule is CC(O)(C1CCCNC1)C1(C#N)CCCC1. The van der Waals surface area contributed by atoms with Gasteiger partial charge >= 0.3 is 0 Å². The molecule has 2 N–H and O–H groups in total. The number of nitrogens with one attached hydrogen (secondary N) is 1. The first-order chi connectivity index (χ1) is 7.62. The average molecular weight is 222 g/mol. The predicted octanol–water partition coefficient (Wildman–Crippen LogP) is 1.82. The molecule has 1 heterocycles. The molecule has 3 nitrogen and oxygen atoms in total. The molecule has 0 aromatic rings. The molecule has 0 aromatic carbocycles. The third-order valence-corrected chi connectivity index (χ3v) is 4.73. The molecule has 90 valence electrons. The van der Waals surface area contributed by atoms with Crippen molar-refractivity contribution in [3.05, 3.63) is 0 Å². The Morgan fingerprint density at radius 3 is 2.56 bits per heavy atom. The van der Waals surface area contributed by atoms with E-state index in [9.17, 15) is 10.4 Å². The highest BCUT2D eigenvalue weighted by atomic mass is 16.3. The second kappa shape index (κ2) is 4.35. The number of nitriles is 1. The van der Waals surface area contributed by atoms with Gasteiger partial charge in [0, 0.05) is 12.5 Å². The Labute approximate surface area is 97.8 Å². The van der Waals surface area contributed by atoms with Crippen LogP contribution in [0.25, 0.3) is 0 Å². The van der Waals surface area contributed by atoms with E-state index in [4.69, 9.17) is 0 Å². The van der Waals surface area contributed by atoms with Crippen molar-refractivity contribution in [3.63, 3.8) is 0 Å². The van der Waals surface area contributed by atoms with Crippen molar-refractivity contribution in [1.29, 1.82) is 5.26 Å². The number of hydrogen-bond acceptors (Lipinski definition) is 3. The highest BCUT2D eigenvalue weighted by Crippen LogP contribution is 2.50. The number of hydrogen-bond donors (Lipinski definition) is 2. The summed E-state index contributed by atoms with van der Waals surface area (Å²) in [6.07, 6.45) is 6.07. The lowest BCUT2D eigenvalue weighted by Crippen LogP contribution is -2.53. The lowest BCUT2D eigenvalue weighted by atomic mass is 9.64. The maximum absolute atomic E-state index is 10.8. The molecule has 16 heavy (non-hydrogen) atoms. The molecule has 3 heteroatoms. The van der Waals surface area contributed by atoms with Crippen molar-refractivity contribution in [2.45, 2.75) is 51.0 Å². The summed E-state index contributed by atoms with van der Waals surface area (Å²) in [4.78, 5) is 0. The summed E-state index contributed by atoms with van der Waals surface area (Å²) in [7, 11) is 0. The van der Waals surface area contributed by atoms with Crippen LogP contribution < -0.4 is 5.32 Å². The van der Waals surface area contributed by atoms with Crippen LogP contribution in [0, 0.1) is 22.7 Å². The fourth-order valence-electron chi connectivity index (χ4n) is 3.43. The van der Waals surface area contributed by atoms with E-state index >= 15 is 0 Å². The minimum Gasteiger partial charge on any atom is -0.388 e. The van der Waals surface area contributed by atoms with E-state index in [1.807, 2.05) is 6.92 Å². The number of piperidine rings is 1. The van der Waals surface area contributed by atoms with Crippen molar-refractivity contribution >= 4 is 0 Å². The molecular weight excluding hydrogens is 200 g/mol. The zero-order chi connectivity index (χ0) is 11.6. The summed E-state index contributed by atoms with van der Waals surface area (Å²) in [5, 5.41) is 23.6. The normalized spacial score (nSPS) is 32.9. The summed E-state index contributed by atoms with van der Waals surface area (Å²) in [6, 6.07) is 2.44. The highest BCUT2D eigenvalue weighted by Gasteiger charge is 2.53. The average Bonchev–Trinajstić information content (AvgIpc) is 2.80. The molecule has 2 aliphatic rings. The second-order valence-corrected chi connectivity index (χ2v) is 5.59. The Kier molecular flexibility index (Phi) is 3.23. The van der Waals surface area contributed by atoms with Crippen LogP contribution in [0.15, 0.2) is 0 Å². The molecule has 1 saturated carbocycles. The van der Waals surface area contributed by atoms with Crippen molar-refractivity contribution in [3.8, 4) is 6.07 Å². The monoisotopic (exact) mass is 222 g/mol. The number of nitrogens with zero attached hydrogens (tertiary/aromatic N) is 1. The molecule has 2 rings (SSSR count). The van der Waals surface area contributed by atoms with Crippen molar-refractivity contribution in [2.24, 2.45) is 11.3 Å². The van der Waals surface area contributed by atoms with E-state index in [0.29, 0.717) is 0 Å². The van der Waals surface area contributed by atoms with Gasteiger partial charge in [0.05, 0.1) is 17.1 Å². The summed E-state index contributed by atoms with van der Waals surface area (Å²) in [5.74, 6) is 0.235. The summed E-state index contributed by atoms with van der Waals surface area (Å²) < 4.78 is 0. The van der Waals surface area contributed by atoms with E-state index in [2.05, 4.69) is 11.4 Å². The van der Waals surface area contributed by atoms with Crippen LogP contribution in [-0.2, 0) is 0 Å². The van der Waals surface area contributed by atoms with E-state index in [-0.39, 0.29) is 5.92 Å². The van der Waals surface area contributed by atoms with Gasteiger partial charge in [0.25, 0.3) is 0 Å². The molecule has 0 spiro atoms. The molecule has 1 aliphatic heterocycles. The summed E-state index contributed by atoms with van der Waals surface area (Å²) in [6.45, 7) is 3.79. The number of rotatable bonds is 2. The van der Waals surface area contributed by atoms with Crippen molar-refractivity contribution in [2.75, 3.05) is 13.1 Å². The largest absolute Gasteiger partial charge is 0.388 e. The molecule has 2 atom stereocenters. The minimum absolute atomic E-state index is 0.235. The van der Waals surface area contributed by atoms with Crippen LogP contribution in [0.1, 0.15) is 45.4 Å². The summed E-state index contributed by atoms with van der Waals surface area (Å²) >= 11 is 0. The van der Waals surface area contributed by atoms with Gasteiger partial charge < -0.3 is 10.4 Å². The van der Waals surface area contributed by atoms with Gasteiger partial charge in [-0.1, -0.05) is 12.8 Å². The van der Waals surface area contributed by atoms with Crippen LogP contribution in [0.3, 0.4) is 0 Å². The van der Waals surface area contributed by atoms with Crippen LogP contribution in [0.2, 0.25) is 0 Å². The molecule has 2 unspecified atom stereocenters. The predicted molar refractivity (Wildman–Crippen MR) is 62.7 cm³/mol. The fraction of sp³-hybridized carbons (Fsp3) is 0.923. The van der Waals surface area contributed by atoms with Crippen LogP contribution in [-0.4, -0.2) is 23.8 Å². The lowest BCUT2D eigenvalue weighted by molar-refractivity contribution is -0.0905. The van der Waals surface area contributed by atoms with Gasteiger partial charge in [-0.3, -0.25) is 0 Å². The van der Waals surface area contributed by atoms with Crippen molar-refractivity contribution in [1.82, 2.24) is 5.32 Å². The molecule has 0 bridgehead atoms. The third kappa shape index (κ3) is 1.74. The van der Waals surface area contributed by atoms with Gasteiger partial charge in [0.15, 0.2) is 0 Å². The van der Waals surface area contributed by atoms with Crippen LogP contribution in [0.4, 0.5) is 0 Å². The van der Waals surface area contributed by atoms with Crippen LogP contribution >= 0.6 is 0 Å². The first kappa shape index (κ1) is 11.9. The zero-order valence-corrected chi connectivity index (χ0v) is 10.1. The minimum atomic E-state index is -0.828. The first-order valence-corrected chi connectivity index (χ1v) is 6.47. The van der Waals surface area contributed by atoms with E-state index in [0.717, 1.165) is 51.6 Å². The van der Waals surface area contributed by atoms with E-state index in [1.54, 1.807) is 0 Å². The first-order valence-electron chi connectivity index (χ1n) is 6.47. The molecule has 0 amide bonds. The third-order valence-electron chi connectivity index (χ3n) is 4.73. The molecular formula is C13H22N2O. The standard InChI is InChI=1S/C13H22N2O/c1-12(16,11-5-4-8-15-9-11)13(10-14)6-2-3-7-13/h11,15-16H,2-9H2,1H3. The Hall–Kier alpha value is -0.590.